The zero-order valence-electron chi connectivity index (χ0n) is 12.9. The zero-order chi connectivity index (χ0) is 16.2. The van der Waals surface area contributed by atoms with E-state index in [0.717, 1.165) is 12.8 Å². The molecule has 0 N–H and O–H groups in total. The van der Waals surface area contributed by atoms with E-state index in [2.05, 4.69) is 4.74 Å². The molecular formula is C17H18O5S. The van der Waals surface area contributed by atoms with Crippen molar-refractivity contribution in [3.05, 3.63) is 45.0 Å². The van der Waals surface area contributed by atoms with Gasteiger partial charge in [0.1, 0.15) is 10.4 Å². The highest BCUT2D eigenvalue weighted by molar-refractivity contribution is 7.14. The predicted octanol–water partition coefficient (Wildman–Crippen LogP) is 3.75. The number of rotatable bonds is 4. The molecular weight excluding hydrogens is 316 g/mol. The molecule has 5 nitrogen and oxygen atoms in total. The summed E-state index contributed by atoms with van der Waals surface area (Å²) in [5, 5.41) is 0. The highest BCUT2D eigenvalue weighted by Crippen LogP contribution is 2.29. The molecule has 2 heterocycles. The number of hydrogen-bond acceptors (Lipinski definition) is 6. The molecule has 2 aromatic heterocycles. The van der Waals surface area contributed by atoms with E-state index < -0.39 is 5.97 Å². The van der Waals surface area contributed by atoms with Gasteiger partial charge in [-0.1, -0.05) is 6.42 Å². The van der Waals surface area contributed by atoms with Gasteiger partial charge < -0.3 is 13.9 Å². The number of thiophene rings is 1. The number of ether oxygens (including phenoxy) is 2. The maximum Gasteiger partial charge on any atom is 0.348 e. The molecule has 0 radical (unpaired) electrons. The van der Waals surface area contributed by atoms with E-state index in [-0.39, 0.29) is 18.1 Å². The fourth-order valence-corrected chi connectivity index (χ4v) is 3.86. The molecule has 6 heteroatoms. The maximum atomic E-state index is 12.2. The zero-order valence-corrected chi connectivity index (χ0v) is 13.7. The Labute approximate surface area is 138 Å². The molecule has 23 heavy (non-hydrogen) atoms. The van der Waals surface area contributed by atoms with Crippen molar-refractivity contribution >= 4 is 23.3 Å². The molecule has 3 rings (SSSR count). The second kappa shape index (κ2) is 7.00. The molecule has 0 unspecified atom stereocenters. The summed E-state index contributed by atoms with van der Waals surface area (Å²) >= 11 is 1.51. The number of methoxy groups -OCH3 is 1. The van der Waals surface area contributed by atoms with E-state index in [4.69, 9.17) is 9.15 Å². The van der Waals surface area contributed by atoms with Gasteiger partial charge in [-0.3, -0.25) is 0 Å². The summed E-state index contributed by atoms with van der Waals surface area (Å²) in [5.74, 6) is -0.591. The molecule has 0 spiro atoms. The monoisotopic (exact) mass is 334 g/mol. The summed E-state index contributed by atoms with van der Waals surface area (Å²) in [6.45, 7) is -0.0845. The van der Waals surface area contributed by atoms with E-state index in [1.165, 1.54) is 60.5 Å². The summed E-state index contributed by atoms with van der Waals surface area (Å²) in [5.41, 5.74) is 1.55. The first-order valence-electron chi connectivity index (χ1n) is 7.62. The number of carbonyl (C=O) groups excluding carboxylic acids is 2. The van der Waals surface area contributed by atoms with Gasteiger partial charge >= 0.3 is 11.9 Å². The summed E-state index contributed by atoms with van der Waals surface area (Å²) in [4.78, 5) is 25.7. The van der Waals surface area contributed by atoms with Gasteiger partial charge in [-0.05, 0) is 43.4 Å². The Kier molecular flexibility index (Phi) is 4.81. The summed E-state index contributed by atoms with van der Waals surface area (Å²) < 4.78 is 15.1. The van der Waals surface area contributed by atoms with Gasteiger partial charge in [-0.25, -0.2) is 9.59 Å². The van der Waals surface area contributed by atoms with Gasteiger partial charge in [0, 0.05) is 4.88 Å². The van der Waals surface area contributed by atoms with Crippen LogP contribution in [0.3, 0.4) is 0 Å². The quantitative estimate of drug-likeness (QED) is 0.629. The van der Waals surface area contributed by atoms with Crippen LogP contribution in [0, 0.1) is 0 Å². The largest absolute Gasteiger partial charge is 0.465 e. The molecule has 0 saturated heterocycles. The highest BCUT2D eigenvalue weighted by atomic mass is 32.1. The lowest BCUT2D eigenvalue weighted by Crippen LogP contribution is -2.07. The minimum absolute atomic E-state index is 0.0845. The second-order valence-electron chi connectivity index (χ2n) is 5.44. The fraction of sp³-hybridized carbons (Fsp3) is 0.412. The van der Waals surface area contributed by atoms with Crippen LogP contribution in [-0.2, 0) is 28.9 Å². The van der Waals surface area contributed by atoms with Crippen LogP contribution in [-0.4, -0.2) is 19.0 Å². The van der Waals surface area contributed by atoms with Crippen molar-refractivity contribution in [2.75, 3.05) is 7.11 Å². The topological polar surface area (TPSA) is 65.7 Å². The van der Waals surface area contributed by atoms with E-state index in [9.17, 15) is 9.59 Å². The van der Waals surface area contributed by atoms with Crippen molar-refractivity contribution in [3.63, 3.8) is 0 Å². The third-order valence-electron chi connectivity index (χ3n) is 3.93. The third-order valence-corrected chi connectivity index (χ3v) is 5.15. The predicted molar refractivity (Wildman–Crippen MR) is 84.7 cm³/mol. The molecule has 0 atom stereocenters. The second-order valence-corrected chi connectivity index (χ2v) is 6.58. The molecule has 122 valence electrons. The molecule has 0 bridgehead atoms. The number of furan rings is 1. The average Bonchev–Trinajstić information content (AvgIpc) is 3.14. The Morgan fingerprint density at radius 1 is 1.22 bits per heavy atom. The number of esters is 2. The van der Waals surface area contributed by atoms with Gasteiger partial charge in [0.2, 0.25) is 0 Å². The van der Waals surface area contributed by atoms with Crippen LogP contribution in [0.15, 0.2) is 22.8 Å². The first-order valence-corrected chi connectivity index (χ1v) is 8.44. The van der Waals surface area contributed by atoms with Gasteiger partial charge in [0.05, 0.1) is 13.4 Å². The van der Waals surface area contributed by atoms with Crippen molar-refractivity contribution in [1.29, 1.82) is 0 Å². The van der Waals surface area contributed by atoms with E-state index in [0.29, 0.717) is 10.6 Å². The van der Waals surface area contributed by atoms with Crippen LogP contribution in [0.1, 0.15) is 55.5 Å². The Morgan fingerprint density at radius 2 is 2.04 bits per heavy atom. The molecule has 0 saturated carbocycles. The van der Waals surface area contributed by atoms with Crippen molar-refractivity contribution in [2.45, 2.75) is 38.7 Å². The Hall–Kier alpha value is -2.08. The minimum atomic E-state index is -0.507. The first-order chi connectivity index (χ1) is 11.2. The molecule has 0 amide bonds. The third kappa shape index (κ3) is 3.47. The lowest BCUT2D eigenvalue weighted by Gasteiger charge is -2.03. The Balaban J connectivity index is 1.66. The summed E-state index contributed by atoms with van der Waals surface area (Å²) in [6, 6.07) is 3.44. The summed E-state index contributed by atoms with van der Waals surface area (Å²) in [7, 11) is 1.30. The van der Waals surface area contributed by atoms with Crippen LogP contribution >= 0.6 is 11.3 Å². The number of hydrogen-bond donors (Lipinski definition) is 0. The average molecular weight is 334 g/mol. The van der Waals surface area contributed by atoms with Crippen LogP contribution in [0.4, 0.5) is 0 Å². The molecule has 0 fully saturated rings. The SMILES string of the molecule is COC(=O)c1ccoc1COC(=O)c1cc2c(s1)CCCCC2. The maximum absolute atomic E-state index is 12.2. The highest BCUT2D eigenvalue weighted by Gasteiger charge is 2.20. The van der Waals surface area contributed by atoms with E-state index >= 15 is 0 Å². The van der Waals surface area contributed by atoms with Crippen molar-refractivity contribution in [3.8, 4) is 0 Å². The van der Waals surface area contributed by atoms with E-state index in [1.54, 1.807) is 0 Å². The number of fused-ring (bicyclic) bond motifs is 1. The molecule has 2 aromatic rings. The molecule has 1 aliphatic rings. The molecule has 1 aliphatic carbocycles. The van der Waals surface area contributed by atoms with Crippen LogP contribution in [0.2, 0.25) is 0 Å². The van der Waals surface area contributed by atoms with Crippen LogP contribution in [0.5, 0.6) is 0 Å². The van der Waals surface area contributed by atoms with Gasteiger partial charge in [-0.15, -0.1) is 11.3 Å². The van der Waals surface area contributed by atoms with Gasteiger partial charge in [0.25, 0.3) is 0 Å². The van der Waals surface area contributed by atoms with Crippen molar-refractivity contribution in [2.24, 2.45) is 0 Å². The Bertz CT molecular complexity index is 689. The minimum Gasteiger partial charge on any atom is -0.465 e. The van der Waals surface area contributed by atoms with Crippen molar-refractivity contribution < 1.29 is 23.5 Å². The first kappa shape index (κ1) is 15.8. The van der Waals surface area contributed by atoms with E-state index in [1.807, 2.05) is 6.07 Å². The smallest absolute Gasteiger partial charge is 0.348 e. The number of aryl methyl sites for hydroxylation is 2. The van der Waals surface area contributed by atoms with Crippen molar-refractivity contribution in [1.82, 2.24) is 0 Å². The lowest BCUT2D eigenvalue weighted by molar-refractivity contribution is 0.0437. The van der Waals surface area contributed by atoms with Gasteiger partial charge in [0.15, 0.2) is 12.4 Å². The standard InChI is InChI=1S/C17H18O5S/c1-20-16(18)12-7-8-21-13(12)10-22-17(19)15-9-11-5-3-2-4-6-14(11)23-15/h7-9H,2-6,10H2,1H3. The number of carbonyl (C=O) groups is 2. The van der Waals surface area contributed by atoms with Crippen LogP contribution < -0.4 is 0 Å². The molecule has 0 aliphatic heterocycles. The fourth-order valence-electron chi connectivity index (χ4n) is 2.71. The van der Waals surface area contributed by atoms with Crippen LogP contribution in [0.25, 0.3) is 0 Å². The summed E-state index contributed by atoms with van der Waals surface area (Å²) in [6.07, 6.45) is 7.05. The Morgan fingerprint density at radius 3 is 2.87 bits per heavy atom. The lowest BCUT2D eigenvalue weighted by atomic mass is 10.1. The molecule has 0 aromatic carbocycles. The normalized spacial score (nSPS) is 14.0. The van der Waals surface area contributed by atoms with Gasteiger partial charge in [-0.2, -0.15) is 0 Å².